The zero-order valence-corrected chi connectivity index (χ0v) is 71.8. The van der Waals surface area contributed by atoms with Gasteiger partial charge in [-0.25, -0.2) is 19.2 Å². The number of nitrogens with one attached hydrogen (secondary N) is 1. The minimum atomic E-state index is -1.10. The summed E-state index contributed by atoms with van der Waals surface area (Å²) in [4.78, 5) is 114. The van der Waals surface area contributed by atoms with Crippen LogP contribution in [0.25, 0.3) is 0 Å². The Kier molecular flexibility index (Phi) is 70.2. The molecule has 6 aliphatic heterocycles. The second kappa shape index (κ2) is 62.2. The molecular formula is C74H145BKN5NaO21. The van der Waals surface area contributed by atoms with Crippen LogP contribution >= 0.6 is 0 Å². The first-order valence-electron chi connectivity index (χ1n) is 35.7. The Balaban J connectivity index is -0.000000149. The van der Waals surface area contributed by atoms with Gasteiger partial charge in [0.2, 0.25) is 0 Å². The Morgan fingerprint density at radius 2 is 0.883 bits per heavy atom. The molecule has 0 aromatic carbocycles. The van der Waals surface area contributed by atoms with Crippen LogP contribution in [-0.4, -0.2) is 248 Å². The fourth-order valence-corrected chi connectivity index (χ4v) is 10.3. The number of carbonyl (C=O) groups excluding carboxylic acids is 9. The van der Waals surface area contributed by atoms with Gasteiger partial charge in [-0.1, -0.05) is 35.6 Å². The quantitative estimate of drug-likeness (QED) is 0.0973. The Hall–Kier alpha value is -2.55. The van der Waals surface area contributed by atoms with E-state index in [1.165, 1.54) is 29.1 Å². The number of ketones is 3. The Labute approximate surface area is 690 Å². The molecule has 29 heteroatoms. The zero-order valence-electron chi connectivity index (χ0n) is 67.7. The maximum atomic E-state index is 12.4. The molecule has 0 aliphatic carbocycles. The second-order valence-electron chi connectivity index (χ2n) is 29.5. The number of aliphatic hydroxyl groups excluding tert-OH is 4. The third-order valence-electron chi connectivity index (χ3n) is 16.0. The summed E-state index contributed by atoms with van der Waals surface area (Å²) in [6.07, 6.45) is 11.0. The van der Waals surface area contributed by atoms with Gasteiger partial charge in [0.05, 0.1) is 25.4 Å². The minimum Gasteiger partial charge on any atom is -1.00 e. The summed E-state index contributed by atoms with van der Waals surface area (Å²) in [5.41, 5.74) is -3.15. The summed E-state index contributed by atoms with van der Waals surface area (Å²) in [5.74, 6) is -0.738. The number of Topliss-reactive ketones (excluding diaryl/α,β-unsaturated/α-hetero) is 3. The summed E-state index contributed by atoms with van der Waals surface area (Å²) in [7, 11) is 1.00. The molecule has 6 heterocycles. The van der Waals surface area contributed by atoms with Crippen molar-refractivity contribution in [3.8, 4) is 0 Å². The molecule has 0 aromatic heterocycles. The molecule has 26 nitrogen and oxygen atoms in total. The van der Waals surface area contributed by atoms with Gasteiger partial charge in [0.1, 0.15) is 45.3 Å². The maximum absolute atomic E-state index is 12.4. The van der Waals surface area contributed by atoms with Crippen molar-refractivity contribution in [2.45, 2.75) is 290 Å². The minimum absolute atomic E-state index is 0. The predicted molar refractivity (Wildman–Crippen MR) is 396 cm³/mol. The molecule has 4 amide bonds. The first-order valence-corrected chi connectivity index (χ1v) is 35.7. The van der Waals surface area contributed by atoms with Crippen LogP contribution in [0.1, 0.15) is 257 Å². The van der Waals surface area contributed by atoms with E-state index < -0.39 is 57.9 Å². The molecule has 0 saturated carbocycles. The van der Waals surface area contributed by atoms with Crippen molar-refractivity contribution in [3.05, 3.63) is 0 Å². The molecule has 6 rings (SSSR count). The Bertz CT molecular complexity index is 2270. The maximum Gasteiger partial charge on any atom is 1.00 e. The molecule has 6 saturated heterocycles. The van der Waals surface area contributed by atoms with Gasteiger partial charge in [-0.05, 0) is 226 Å². The molecule has 0 aromatic rings. The molecule has 0 spiro atoms. The fraction of sp³-hybridized carbons (Fsp3) is 0.878. The number of nitrogens with zero attached hydrogens (tertiary/aromatic N) is 4. The van der Waals surface area contributed by atoms with Crippen LogP contribution in [0.4, 0.5) is 19.2 Å². The van der Waals surface area contributed by atoms with Crippen LogP contribution in [0.15, 0.2) is 0 Å². The summed E-state index contributed by atoms with van der Waals surface area (Å²) in [5, 5.41) is 37.1. The van der Waals surface area contributed by atoms with Gasteiger partial charge in [0, 0.05) is 113 Å². The summed E-state index contributed by atoms with van der Waals surface area (Å²) in [6, 6.07) is 0. The number of esters is 2. The van der Waals surface area contributed by atoms with Crippen LogP contribution in [0.3, 0.4) is 0 Å². The van der Waals surface area contributed by atoms with E-state index in [-0.39, 0.29) is 205 Å². The van der Waals surface area contributed by atoms with Crippen LogP contribution in [0.5, 0.6) is 0 Å². The van der Waals surface area contributed by atoms with E-state index in [1.807, 2.05) is 48.5 Å². The van der Waals surface area contributed by atoms with Gasteiger partial charge in [-0.3, -0.25) is 24.0 Å². The molecule has 6 N–H and O–H groups in total. The van der Waals surface area contributed by atoms with Crippen molar-refractivity contribution in [2.24, 2.45) is 29.1 Å². The number of carbonyl (C=O) groups is 9. The normalized spacial score (nSPS) is 22.4. The van der Waals surface area contributed by atoms with E-state index in [0.29, 0.717) is 83.1 Å². The smallest absolute Gasteiger partial charge is 1.00 e. The van der Waals surface area contributed by atoms with E-state index in [4.69, 9.17) is 43.4 Å². The van der Waals surface area contributed by atoms with Crippen LogP contribution in [0.2, 0.25) is 0 Å². The van der Waals surface area contributed by atoms with Crippen molar-refractivity contribution in [2.75, 3.05) is 106 Å². The van der Waals surface area contributed by atoms with Crippen LogP contribution in [-0.2, 0) is 57.1 Å². The van der Waals surface area contributed by atoms with E-state index in [0.717, 1.165) is 78.5 Å². The van der Waals surface area contributed by atoms with Gasteiger partial charge in [0.25, 0.3) is 0 Å². The predicted octanol–water partition coefficient (Wildman–Crippen LogP) is 5.71. The second-order valence-corrected chi connectivity index (χ2v) is 29.5. The standard InChI is InChI=1S/C16H27NO5.C15H25NO5.C13H25NO3.C13H23NO3.C8H17NO.C4H8O.C2H6O.CH4O.2CH4.B.K.Na.H2O.H/c1-6-21-13(19)16(5)9-7-10-17(11-8-12(16)18)14(20)22-15(2,3)4;1-5-20-13(18)11-7-6-9-16(10-8-12(11)17)14(19)21-15(2,3)4;2*1-10-6-5-8-14(9-7-11(10)15)12(16)17-13(2,3)4;1-7-3-2-5-9-6-4-8(7)10;1-2-4-5-3-1;1-2-3;1-2;;;;;;;/h6-11H2,1-5H3;11H,5-10H2,1-4H3;10-11,15H,5-9H2,1-4H3;10H,5-9H2,1-4H3;7-10H,2-6H2,1H3;1-4H2;3H,2H2,1H3;2H,1H3;2*1H4;;;;1H2;/q;;;;;;;;;;;2*+1;;-1/p-1. The SMILES string of the molecule is C.C.C1CCOC1.CC1CCCN(C(=O)OC(C)(C)C)CCC1=O.CC1CCCN(C(=O)OC(C)(C)C)CCC1O.CC1CCCNCCC1O.CCO.CCOC(=O)C1(C)CCCN(C(=O)OC(C)(C)C)CCC1=O.CCOC(=O)C1CCCN(C(=O)OC(C)(C)C)CCC1=O.CO.[B].[H-].[K+].[Na+].[OH-]. The largest absolute Gasteiger partial charge is 1.00 e. The van der Waals surface area contributed by atoms with Gasteiger partial charge >= 0.3 is 117 Å². The number of rotatable bonds is 4. The van der Waals surface area contributed by atoms with Gasteiger partial charge in [-0.2, -0.15) is 0 Å². The first kappa shape index (κ1) is 116. The molecule has 7 unspecified atom stereocenters. The zero-order chi connectivity index (χ0) is 74.8. The van der Waals surface area contributed by atoms with Gasteiger partial charge < -0.3 is 85.4 Å². The van der Waals surface area contributed by atoms with Crippen molar-refractivity contribution in [1.29, 1.82) is 0 Å². The number of amides is 4. The molecular weight excluding hydrogens is 1370 g/mol. The van der Waals surface area contributed by atoms with Gasteiger partial charge in [-0.15, -0.1) is 0 Å². The average molecular weight is 1510 g/mol. The number of hydrogen-bond acceptors (Lipinski definition) is 22. The summed E-state index contributed by atoms with van der Waals surface area (Å²) >= 11 is 0. The fourth-order valence-electron chi connectivity index (χ4n) is 10.3. The van der Waals surface area contributed by atoms with Crippen molar-refractivity contribution in [3.63, 3.8) is 0 Å². The average Bonchev–Trinajstić information content (AvgIpc) is 0.817. The van der Waals surface area contributed by atoms with E-state index >= 15 is 0 Å². The van der Waals surface area contributed by atoms with E-state index in [9.17, 15) is 53.4 Å². The molecule has 103 heavy (non-hydrogen) atoms. The molecule has 6 aliphatic rings. The molecule has 0 bridgehead atoms. The first-order chi connectivity index (χ1) is 45.1. The van der Waals surface area contributed by atoms with Crippen LogP contribution in [0, 0.1) is 29.1 Å². The van der Waals surface area contributed by atoms with Crippen molar-refractivity contribution < 1.29 is 185 Å². The molecule has 3 radical (unpaired) electrons. The molecule has 7 atom stereocenters. The third kappa shape index (κ3) is 55.5. The van der Waals surface area contributed by atoms with Crippen LogP contribution < -0.4 is 86.3 Å². The van der Waals surface area contributed by atoms with Crippen molar-refractivity contribution in [1.82, 2.24) is 24.9 Å². The molecule has 6 fully saturated rings. The topological polar surface area (TPSA) is 354 Å². The number of aliphatic hydroxyl groups is 4. The van der Waals surface area contributed by atoms with E-state index in [1.54, 1.807) is 79.0 Å². The number of likely N-dealkylation sites (tertiary alicyclic amines) is 4. The third-order valence-corrected chi connectivity index (χ3v) is 16.0. The van der Waals surface area contributed by atoms with E-state index in [2.05, 4.69) is 19.2 Å². The Morgan fingerprint density at radius 3 is 1.28 bits per heavy atom. The number of hydrogen-bond donors (Lipinski definition) is 5. The number of ether oxygens (including phenoxy) is 7. The summed E-state index contributed by atoms with van der Waals surface area (Å²) < 4.78 is 36.2. The van der Waals surface area contributed by atoms with Crippen molar-refractivity contribution >= 4 is 62.1 Å². The summed E-state index contributed by atoms with van der Waals surface area (Å²) in [6.45, 7) is 43.7. The molecule has 597 valence electrons. The van der Waals surface area contributed by atoms with Gasteiger partial charge in [0.15, 0.2) is 5.78 Å². The monoisotopic (exact) mass is 1510 g/mol. The Morgan fingerprint density at radius 1 is 0.524 bits per heavy atom.